The number of hydrogen-bond donors (Lipinski definition) is 2. The number of nitrogens with two attached hydrogens (primary N) is 1. The van der Waals surface area contributed by atoms with Gasteiger partial charge >= 0.3 is 0 Å². The van der Waals surface area contributed by atoms with Crippen molar-refractivity contribution in [2.75, 3.05) is 19.0 Å². The average Bonchev–Trinajstić information content (AvgIpc) is 2.55. The van der Waals surface area contributed by atoms with Crippen LogP contribution < -0.4 is 20.5 Å². The van der Waals surface area contributed by atoms with Gasteiger partial charge in [0.15, 0.2) is 17.5 Å². The summed E-state index contributed by atoms with van der Waals surface area (Å²) in [5.41, 5.74) is 8.01. The number of aryl methyl sites for hydroxylation is 1. The molecule has 1 atom stereocenters. The number of ether oxygens (including phenoxy) is 2. The van der Waals surface area contributed by atoms with Gasteiger partial charge in [0.25, 0.3) is 0 Å². The van der Waals surface area contributed by atoms with Crippen molar-refractivity contribution in [1.82, 2.24) is 0 Å². The van der Waals surface area contributed by atoms with E-state index < -0.39 is 0 Å². The van der Waals surface area contributed by atoms with Gasteiger partial charge in [-0.2, -0.15) is 0 Å². The second kappa shape index (κ2) is 8.08. The molecule has 23 heavy (non-hydrogen) atoms. The fourth-order valence-corrected chi connectivity index (χ4v) is 2.02. The highest BCUT2D eigenvalue weighted by Gasteiger charge is 2.08. The van der Waals surface area contributed by atoms with E-state index in [1.807, 2.05) is 62.4 Å². The summed E-state index contributed by atoms with van der Waals surface area (Å²) in [7, 11) is 1.62. The molecule has 5 heteroatoms. The summed E-state index contributed by atoms with van der Waals surface area (Å²) in [4.78, 5) is 4.31. The van der Waals surface area contributed by atoms with Crippen molar-refractivity contribution in [1.29, 1.82) is 0 Å². The minimum atomic E-state index is -0.121. The molecule has 2 aromatic carbocycles. The Morgan fingerprint density at radius 3 is 2.43 bits per heavy atom. The predicted octanol–water partition coefficient (Wildman–Crippen LogP) is 3.20. The minimum Gasteiger partial charge on any atom is -0.493 e. The second-order valence-electron chi connectivity index (χ2n) is 5.30. The molecule has 0 saturated carbocycles. The van der Waals surface area contributed by atoms with E-state index in [9.17, 15) is 0 Å². The molecule has 0 aliphatic heterocycles. The van der Waals surface area contributed by atoms with Crippen molar-refractivity contribution in [2.45, 2.75) is 20.0 Å². The lowest BCUT2D eigenvalue weighted by Crippen LogP contribution is -2.25. The summed E-state index contributed by atoms with van der Waals surface area (Å²) < 4.78 is 11.1. The van der Waals surface area contributed by atoms with Crippen LogP contribution in [0, 0.1) is 6.92 Å². The molecule has 0 fully saturated rings. The van der Waals surface area contributed by atoms with Crippen LogP contribution >= 0.6 is 0 Å². The van der Waals surface area contributed by atoms with Gasteiger partial charge in [-0.05, 0) is 38.1 Å². The Morgan fingerprint density at radius 1 is 1.13 bits per heavy atom. The number of para-hydroxylation sites is 2. The van der Waals surface area contributed by atoms with Crippen molar-refractivity contribution in [3.05, 3.63) is 54.1 Å². The number of guanidine groups is 1. The van der Waals surface area contributed by atoms with Gasteiger partial charge in [0.05, 0.1) is 13.7 Å². The molecule has 5 nitrogen and oxygen atoms in total. The summed E-state index contributed by atoms with van der Waals surface area (Å²) in [5.74, 6) is 1.76. The summed E-state index contributed by atoms with van der Waals surface area (Å²) in [5, 5.41) is 3.06. The Hall–Kier alpha value is -2.69. The average molecular weight is 313 g/mol. The lowest BCUT2D eigenvalue weighted by atomic mass is 10.2. The van der Waals surface area contributed by atoms with Crippen molar-refractivity contribution in [3.8, 4) is 11.5 Å². The molecule has 0 radical (unpaired) electrons. The molecule has 0 aliphatic rings. The van der Waals surface area contributed by atoms with E-state index in [0.29, 0.717) is 24.0 Å². The van der Waals surface area contributed by atoms with Gasteiger partial charge in [-0.3, -0.25) is 0 Å². The van der Waals surface area contributed by atoms with Crippen LogP contribution in [0.2, 0.25) is 0 Å². The highest BCUT2D eigenvalue weighted by molar-refractivity contribution is 5.92. The third kappa shape index (κ3) is 5.21. The number of nitrogens with zero attached hydrogens (tertiary/aromatic N) is 1. The van der Waals surface area contributed by atoms with Gasteiger partial charge in [-0.15, -0.1) is 0 Å². The molecule has 2 aromatic rings. The summed E-state index contributed by atoms with van der Waals surface area (Å²) >= 11 is 0. The second-order valence-corrected chi connectivity index (χ2v) is 5.30. The zero-order chi connectivity index (χ0) is 16.7. The zero-order valence-electron chi connectivity index (χ0n) is 13.7. The summed E-state index contributed by atoms with van der Waals surface area (Å²) in [6, 6.07) is 15.5. The van der Waals surface area contributed by atoms with Crippen LogP contribution in [-0.2, 0) is 0 Å². The first-order chi connectivity index (χ1) is 11.1. The fraction of sp³-hybridized carbons (Fsp3) is 0.278. The lowest BCUT2D eigenvalue weighted by Gasteiger charge is -2.15. The zero-order valence-corrected chi connectivity index (χ0v) is 13.7. The van der Waals surface area contributed by atoms with Crippen LogP contribution in [0.4, 0.5) is 5.69 Å². The molecule has 0 spiro atoms. The van der Waals surface area contributed by atoms with Crippen molar-refractivity contribution >= 4 is 11.6 Å². The molecule has 0 heterocycles. The predicted molar refractivity (Wildman–Crippen MR) is 94.4 cm³/mol. The highest BCUT2D eigenvalue weighted by Crippen LogP contribution is 2.26. The molecule has 0 amide bonds. The molecule has 1 unspecified atom stereocenters. The Balaban J connectivity index is 1.89. The molecule has 122 valence electrons. The number of benzene rings is 2. The number of hydrogen-bond acceptors (Lipinski definition) is 3. The Kier molecular flexibility index (Phi) is 5.86. The number of methoxy groups -OCH3 is 1. The van der Waals surface area contributed by atoms with Gasteiger partial charge in [-0.25, -0.2) is 4.99 Å². The Labute approximate surface area is 137 Å². The molecule has 2 rings (SSSR count). The third-order valence-corrected chi connectivity index (χ3v) is 3.24. The van der Waals surface area contributed by atoms with Crippen molar-refractivity contribution in [3.63, 3.8) is 0 Å². The number of rotatable bonds is 6. The fourth-order valence-electron chi connectivity index (χ4n) is 2.02. The standard InChI is InChI=1S/C18H23N3O2/c1-13-8-10-15(11-9-13)21-18(19)20-12-14(2)23-17-7-5-4-6-16(17)22-3/h4-11,14H,12H2,1-3H3,(H3,19,20,21). The van der Waals surface area contributed by atoms with E-state index >= 15 is 0 Å². The van der Waals surface area contributed by atoms with E-state index in [0.717, 1.165) is 5.69 Å². The van der Waals surface area contributed by atoms with Gasteiger partial charge in [0, 0.05) is 5.69 Å². The lowest BCUT2D eigenvalue weighted by molar-refractivity contribution is 0.219. The molecule has 3 N–H and O–H groups in total. The van der Waals surface area contributed by atoms with Gasteiger partial charge < -0.3 is 20.5 Å². The molecule has 0 aliphatic carbocycles. The van der Waals surface area contributed by atoms with Gasteiger partial charge in [0.2, 0.25) is 0 Å². The minimum absolute atomic E-state index is 0.121. The van der Waals surface area contributed by atoms with E-state index in [2.05, 4.69) is 10.3 Å². The van der Waals surface area contributed by atoms with E-state index in [4.69, 9.17) is 15.2 Å². The Morgan fingerprint density at radius 2 is 1.78 bits per heavy atom. The van der Waals surface area contributed by atoms with E-state index in [1.165, 1.54) is 5.56 Å². The van der Waals surface area contributed by atoms with E-state index in [1.54, 1.807) is 7.11 Å². The Bertz CT molecular complexity index is 654. The number of aliphatic imine (C=N–C) groups is 1. The molecule has 0 saturated heterocycles. The van der Waals surface area contributed by atoms with Gasteiger partial charge in [0.1, 0.15) is 6.10 Å². The first-order valence-corrected chi connectivity index (χ1v) is 7.52. The van der Waals surface area contributed by atoms with Gasteiger partial charge in [-0.1, -0.05) is 29.8 Å². The maximum atomic E-state index is 5.90. The normalized spacial score (nSPS) is 12.6. The van der Waals surface area contributed by atoms with Crippen LogP contribution in [0.25, 0.3) is 0 Å². The first kappa shape index (κ1) is 16.7. The van der Waals surface area contributed by atoms with Crippen LogP contribution in [0.3, 0.4) is 0 Å². The van der Waals surface area contributed by atoms with Crippen molar-refractivity contribution in [2.24, 2.45) is 10.7 Å². The monoisotopic (exact) mass is 313 g/mol. The number of anilines is 1. The van der Waals surface area contributed by atoms with Crippen LogP contribution in [0.5, 0.6) is 11.5 Å². The first-order valence-electron chi connectivity index (χ1n) is 7.52. The topological polar surface area (TPSA) is 68.9 Å². The SMILES string of the molecule is COc1ccccc1OC(C)CN=C(N)Nc1ccc(C)cc1. The molecule has 0 aromatic heterocycles. The summed E-state index contributed by atoms with van der Waals surface area (Å²) in [6.07, 6.45) is -0.121. The third-order valence-electron chi connectivity index (χ3n) is 3.24. The van der Waals surface area contributed by atoms with Crippen LogP contribution in [-0.4, -0.2) is 25.7 Å². The molecule has 0 bridgehead atoms. The van der Waals surface area contributed by atoms with Crippen LogP contribution in [0.15, 0.2) is 53.5 Å². The smallest absolute Gasteiger partial charge is 0.193 e. The maximum absolute atomic E-state index is 5.90. The largest absolute Gasteiger partial charge is 0.493 e. The van der Waals surface area contributed by atoms with Crippen molar-refractivity contribution < 1.29 is 9.47 Å². The molecular weight excluding hydrogens is 290 g/mol. The summed E-state index contributed by atoms with van der Waals surface area (Å²) in [6.45, 7) is 4.43. The number of nitrogens with one attached hydrogen (secondary N) is 1. The molecular formula is C18H23N3O2. The quantitative estimate of drug-likeness (QED) is 0.635. The van der Waals surface area contributed by atoms with Crippen LogP contribution in [0.1, 0.15) is 12.5 Å². The highest BCUT2D eigenvalue weighted by atomic mass is 16.5. The van der Waals surface area contributed by atoms with E-state index in [-0.39, 0.29) is 6.10 Å². The maximum Gasteiger partial charge on any atom is 0.193 e.